The third kappa shape index (κ3) is 5.18. The predicted octanol–water partition coefficient (Wildman–Crippen LogP) is 6.21. The molecule has 0 N–H and O–H groups in total. The molecule has 10 heteroatoms. The molecule has 0 aliphatic carbocycles. The van der Waals surface area contributed by atoms with Gasteiger partial charge in [-0.05, 0) is 68.5 Å². The molecule has 6 aromatic heterocycles. The molecule has 6 rings (SSSR count). The van der Waals surface area contributed by atoms with Crippen molar-refractivity contribution in [3.63, 3.8) is 0 Å². The molecule has 0 aliphatic heterocycles. The quantitative estimate of drug-likeness (QED) is 0.221. The molecule has 0 saturated heterocycles. The van der Waals surface area contributed by atoms with Crippen molar-refractivity contribution in [2.24, 2.45) is 0 Å². The zero-order valence-corrected chi connectivity index (χ0v) is 21.6. The predicted molar refractivity (Wildman–Crippen MR) is 149 cm³/mol. The number of hydrogen-bond acceptors (Lipinski definition) is 10. The molecule has 0 aromatic carbocycles. The summed E-state index contributed by atoms with van der Waals surface area (Å²) in [5.41, 5.74) is 5.49. The van der Waals surface area contributed by atoms with Crippen molar-refractivity contribution in [3.8, 4) is 45.9 Å². The Hall–Kier alpha value is -5.64. The molecule has 6 heterocycles. The Morgan fingerprint density at radius 3 is 1.60 bits per heavy atom. The number of pyridine rings is 4. The fourth-order valence-corrected chi connectivity index (χ4v) is 3.91. The maximum Gasteiger partial charge on any atom is 0.266 e. The van der Waals surface area contributed by atoms with Gasteiger partial charge in [0.15, 0.2) is 0 Å². The molecule has 0 saturated carbocycles. The van der Waals surface area contributed by atoms with Gasteiger partial charge in [0, 0.05) is 23.5 Å². The van der Waals surface area contributed by atoms with Crippen LogP contribution in [-0.4, -0.2) is 40.3 Å². The molecular weight excluding hydrogens is 504 g/mol. The van der Waals surface area contributed by atoms with Crippen LogP contribution >= 0.6 is 0 Å². The molecule has 10 nitrogen and oxygen atoms in total. The number of aromatic nitrogens is 8. The highest BCUT2D eigenvalue weighted by atomic mass is 16.4. The van der Waals surface area contributed by atoms with Crippen molar-refractivity contribution >= 4 is 11.1 Å². The second-order valence-electron chi connectivity index (χ2n) is 8.64. The maximum atomic E-state index is 5.98. The van der Waals surface area contributed by atoms with Gasteiger partial charge in [-0.25, -0.2) is 9.97 Å². The van der Waals surface area contributed by atoms with E-state index in [4.69, 9.17) is 8.83 Å². The minimum Gasteiger partial charge on any atom is -0.415 e. The first-order chi connectivity index (χ1) is 19.7. The molecule has 0 aliphatic rings. The van der Waals surface area contributed by atoms with E-state index in [-0.39, 0.29) is 0 Å². The second kappa shape index (κ2) is 11.0. The Labute approximate surface area is 229 Å². The Balaban J connectivity index is 1.23. The molecule has 0 radical (unpaired) electrons. The molecule has 40 heavy (non-hydrogen) atoms. The zero-order chi connectivity index (χ0) is 27.3. The summed E-state index contributed by atoms with van der Waals surface area (Å²) in [5.74, 6) is 1.30. The van der Waals surface area contributed by atoms with Crippen LogP contribution in [0.15, 0.2) is 106 Å². The van der Waals surface area contributed by atoms with Crippen LogP contribution < -0.4 is 0 Å². The lowest BCUT2D eigenvalue weighted by atomic mass is 10.1. The summed E-state index contributed by atoms with van der Waals surface area (Å²) < 4.78 is 11.9. The average molecular weight is 527 g/mol. The van der Waals surface area contributed by atoms with E-state index in [9.17, 15) is 0 Å². The highest BCUT2D eigenvalue weighted by Crippen LogP contribution is 2.27. The van der Waals surface area contributed by atoms with Crippen LogP contribution in [0.3, 0.4) is 0 Å². The van der Waals surface area contributed by atoms with Gasteiger partial charge in [-0.1, -0.05) is 30.3 Å². The minimum atomic E-state index is 0.303. The number of nitrogens with zero attached hydrogens (tertiary/aromatic N) is 8. The Kier molecular flexibility index (Phi) is 6.79. The van der Waals surface area contributed by atoms with E-state index in [1.165, 1.54) is 0 Å². The van der Waals surface area contributed by atoms with Gasteiger partial charge in [0.25, 0.3) is 11.8 Å². The second-order valence-corrected chi connectivity index (χ2v) is 8.64. The van der Waals surface area contributed by atoms with Gasteiger partial charge in [0.2, 0.25) is 11.8 Å². The molecule has 0 amide bonds. The van der Waals surface area contributed by atoms with Crippen molar-refractivity contribution in [2.75, 3.05) is 0 Å². The van der Waals surface area contributed by atoms with Gasteiger partial charge >= 0.3 is 0 Å². The monoisotopic (exact) mass is 526 g/mol. The topological polar surface area (TPSA) is 129 Å². The smallest absolute Gasteiger partial charge is 0.266 e. The van der Waals surface area contributed by atoms with E-state index in [0.29, 0.717) is 51.9 Å². The fourth-order valence-electron chi connectivity index (χ4n) is 3.91. The highest BCUT2D eigenvalue weighted by molar-refractivity contribution is 5.78. The van der Waals surface area contributed by atoms with Gasteiger partial charge in [-0.2, -0.15) is 0 Å². The van der Waals surface area contributed by atoms with Crippen molar-refractivity contribution in [2.45, 2.75) is 13.8 Å². The van der Waals surface area contributed by atoms with Crippen molar-refractivity contribution in [1.29, 1.82) is 0 Å². The minimum absolute atomic E-state index is 0.303. The van der Waals surface area contributed by atoms with Crippen LogP contribution in [0.25, 0.3) is 57.1 Å². The summed E-state index contributed by atoms with van der Waals surface area (Å²) in [4.78, 5) is 18.0. The van der Waals surface area contributed by atoms with Crippen LogP contribution in [0.1, 0.15) is 25.6 Å². The first-order valence-corrected chi connectivity index (χ1v) is 12.5. The summed E-state index contributed by atoms with van der Waals surface area (Å²) in [6, 6.07) is 22.5. The lowest BCUT2D eigenvalue weighted by Gasteiger charge is -2.01. The highest BCUT2D eigenvalue weighted by Gasteiger charge is 2.16. The van der Waals surface area contributed by atoms with Gasteiger partial charge in [-0.3, -0.25) is 9.97 Å². The molecule has 6 aromatic rings. The van der Waals surface area contributed by atoms with Crippen LogP contribution in [0.5, 0.6) is 0 Å². The van der Waals surface area contributed by atoms with Gasteiger partial charge in [0.1, 0.15) is 11.4 Å². The van der Waals surface area contributed by atoms with Crippen LogP contribution in [0.2, 0.25) is 0 Å². The molecular formula is C30H22N8O2. The van der Waals surface area contributed by atoms with Crippen molar-refractivity contribution in [1.82, 2.24) is 40.3 Å². The normalized spacial score (nSPS) is 12.1. The molecule has 0 unspecified atom stereocenters. The molecule has 0 atom stereocenters. The fraction of sp³-hybridized carbons (Fsp3) is 0.0667. The van der Waals surface area contributed by atoms with Gasteiger partial charge in [0.05, 0.1) is 22.8 Å². The van der Waals surface area contributed by atoms with E-state index in [1.54, 1.807) is 12.4 Å². The summed E-state index contributed by atoms with van der Waals surface area (Å²) in [7, 11) is 0. The van der Waals surface area contributed by atoms with E-state index in [0.717, 1.165) is 17.0 Å². The molecule has 0 fully saturated rings. The molecule has 0 bridgehead atoms. The maximum absolute atomic E-state index is 5.98. The van der Waals surface area contributed by atoms with Gasteiger partial charge < -0.3 is 8.83 Å². The SMILES string of the molecule is C/C=C(\C=C(/C)c1nnc(-c2cccc(-c3ccccn3)n2)o1)c1nnc(-c2cccc(-c3ccccn3)n2)o1. The van der Waals surface area contributed by atoms with Crippen LogP contribution in [0.4, 0.5) is 0 Å². The van der Waals surface area contributed by atoms with Crippen molar-refractivity contribution < 1.29 is 8.83 Å². The lowest BCUT2D eigenvalue weighted by Crippen LogP contribution is -1.89. The van der Waals surface area contributed by atoms with E-state index in [1.807, 2.05) is 98.8 Å². The summed E-state index contributed by atoms with van der Waals surface area (Å²) >= 11 is 0. The van der Waals surface area contributed by atoms with E-state index in [2.05, 4.69) is 40.3 Å². The Morgan fingerprint density at radius 2 is 1.07 bits per heavy atom. The summed E-state index contributed by atoms with van der Waals surface area (Å²) in [6.07, 6.45) is 7.17. The summed E-state index contributed by atoms with van der Waals surface area (Å²) in [5, 5.41) is 16.9. The summed E-state index contributed by atoms with van der Waals surface area (Å²) in [6.45, 7) is 3.75. The third-order valence-corrected chi connectivity index (χ3v) is 5.91. The van der Waals surface area contributed by atoms with Gasteiger partial charge in [-0.15, -0.1) is 20.4 Å². The molecule has 194 valence electrons. The largest absolute Gasteiger partial charge is 0.415 e. The number of hydrogen-bond donors (Lipinski definition) is 0. The lowest BCUT2D eigenvalue weighted by molar-refractivity contribution is 0.549. The first kappa shape index (κ1) is 24.7. The Morgan fingerprint density at radius 1 is 0.575 bits per heavy atom. The van der Waals surface area contributed by atoms with Crippen molar-refractivity contribution in [3.05, 3.63) is 109 Å². The zero-order valence-electron chi connectivity index (χ0n) is 21.6. The number of rotatable bonds is 7. The Bertz CT molecular complexity index is 1830. The molecule has 0 spiro atoms. The van der Waals surface area contributed by atoms with Crippen LogP contribution in [0, 0.1) is 0 Å². The van der Waals surface area contributed by atoms with Crippen LogP contribution in [-0.2, 0) is 0 Å². The van der Waals surface area contributed by atoms with E-state index < -0.39 is 0 Å². The third-order valence-electron chi connectivity index (χ3n) is 5.91. The number of allylic oxidation sites excluding steroid dienone is 4. The first-order valence-electron chi connectivity index (χ1n) is 12.5. The van der Waals surface area contributed by atoms with E-state index >= 15 is 0 Å². The standard InChI is InChI=1S/C30H22N8O2/c1-3-20(28-36-38-30(40-28)26-15-9-13-24(34-26)22-11-5-7-17-32-22)18-19(2)27-35-37-29(39-27)25-14-8-12-23(33-25)21-10-4-6-16-31-21/h3-18H,1-2H3/b19-18+,20-3+. The average Bonchev–Trinajstić information content (AvgIpc) is 3.72.